The number of piperidine rings is 1. The van der Waals surface area contributed by atoms with Crippen molar-refractivity contribution in [2.75, 3.05) is 13.1 Å². The minimum atomic E-state index is -0.856. The first-order valence-electron chi connectivity index (χ1n) is 7.15. The van der Waals surface area contributed by atoms with E-state index in [1.165, 1.54) is 4.68 Å². The van der Waals surface area contributed by atoms with Gasteiger partial charge in [-0.2, -0.15) is 0 Å². The maximum absolute atomic E-state index is 12.4. The first-order chi connectivity index (χ1) is 10.6. The Morgan fingerprint density at radius 1 is 1.23 bits per heavy atom. The number of likely N-dealkylation sites (tertiary alicyclic amines) is 1. The number of amides is 1. The van der Waals surface area contributed by atoms with Crippen LogP contribution in [0.25, 0.3) is 5.69 Å². The number of para-hydroxylation sites is 1. The summed E-state index contributed by atoms with van der Waals surface area (Å²) in [5, 5.41) is 17.0. The molecule has 2 aromatic rings. The molecule has 114 valence electrons. The summed E-state index contributed by atoms with van der Waals surface area (Å²) < 4.78 is 1.53. The van der Waals surface area contributed by atoms with Crippen LogP contribution in [0.5, 0.6) is 0 Å². The number of carbonyl (C=O) groups is 2. The Hall–Kier alpha value is -2.70. The van der Waals surface area contributed by atoms with Gasteiger partial charge < -0.3 is 10.0 Å². The molecule has 7 heteroatoms. The third kappa shape index (κ3) is 2.83. The van der Waals surface area contributed by atoms with Gasteiger partial charge >= 0.3 is 5.97 Å². The molecule has 0 spiro atoms. The molecule has 1 aliphatic rings. The lowest BCUT2D eigenvalue weighted by molar-refractivity contribution is -0.143. The van der Waals surface area contributed by atoms with Crippen LogP contribution >= 0.6 is 0 Å². The van der Waals surface area contributed by atoms with Crippen LogP contribution in [0.4, 0.5) is 0 Å². The van der Waals surface area contributed by atoms with E-state index in [0.29, 0.717) is 19.4 Å². The van der Waals surface area contributed by atoms with Gasteiger partial charge in [0.1, 0.15) is 0 Å². The molecule has 2 heterocycles. The molecule has 1 aromatic carbocycles. The molecule has 0 unspecified atom stereocenters. The van der Waals surface area contributed by atoms with E-state index in [9.17, 15) is 9.59 Å². The topological polar surface area (TPSA) is 88.3 Å². The van der Waals surface area contributed by atoms with Crippen molar-refractivity contribution in [3.63, 3.8) is 0 Å². The molecular weight excluding hydrogens is 284 g/mol. The molecule has 1 fully saturated rings. The number of aliphatic carboxylic acids is 1. The normalized spacial score (nSPS) is 18.2. The van der Waals surface area contributed by atoms with Crippen LogP contribution in [-0.4, -0.2) is 50.0 Å². The lowest BCUT2D eigenvalue weighted by Crippen LogP contribution is -2.42. The van der Waals surface area contributed by atoms with E-state index >= 15 is 0 Å². The summed E-state index contributed by atoms with van der Waals surface area (Å²) in [6, 6.07) is 9.38. The quantitative estimate of drug-likeness (QED) is 0.920. The van der Waals surface area contributed by atoms with Crippen LogP contribution in [0.2, 0.25) is 0 Å². The van der Waals surface area contributed by atoms with Crippen molar-refractivity contribution >= 4 is 11.9 Å². The number of aromatic nitrogens is 3. The third-order valence-electron chi connectivity index (χ3n) is 3.79. The number of hydrogen-bond donors (Lipinski definition) is 1. The maximum Gasteiger partial charge on any atom is 0.308 e. The van der Waals surface area contributed by atoms with Gasteiger partial charge in [-0.05, 0) is 25.0 Å². The SMILES string of the molecule is O=C(O)[C@H]1CCCN(C(=O)c2cn(-c3ccccc3)nn2)C1. The van der Waals surface area contributed by atoms with Gasteiger partial charge in [0.15, 0.2) is 5.69 Å². The van der Waals surface area contributed by atoms with Gasteiger partial charge in [0.2, 0.25) is 0 Å². The van der Waals surface area contributed by atoms with Gasteiger partial charge in [-0.3, -0.25) is 9.59 Å². The van der Waals surface area contributed by atoms with Crippen LogP contribution in [-0.2, 0) is 4.79 Å². The molecular formula is C15H16N4O3. The monoisotopic (exact) mass is 300 g/mol. The van der Waals surface area contributed by atoms with Crippen molar-refractivity contribution in [1.82, 2.24) is 19.9 Å². The highest BCUT2D eigenvalue weighted by molar-refractivity contribution is 5.92. The Labute approximate surface area is 127 Å². The van der Waals surface area contributed by atoms with E-state index in [1.807, 2.05) is 30.3 Å². The number of hydrogen-bond acceptors (Lipinski definition) is 4. The Kier molecular flexibility index (Phi) is 3.86. The zero-order valence-corrected chi connectivity index (χ0v) is 11.9. The van der Waals surface area contributed by atoms with Crippen molar-refractivity contribution in [3.05, 3.63) is 42.2 Å². The number of carbonyl (C=O) groups excluding carboxylic acids is 1. The standard InChI is InChI=1S/C15H16N4O3/c20-14(18-8-4-5-11(9-18)15(21)22)13-10-19(17-16-13)12-6-2-1-3-7-12/h1-3,6-7,10-11H,4-5,8-9H2,(H,21,22)/t11-/m0/s1. The Balaban J connectivity index is 1.76. The Morgan fingerprint density at radius 2 is 2.00 bits per heavy atom. The highest BCUT2D eigenvalue weighted by Gasteiger charge is 2.29. The molecule has 1 amide bonds. The average molecular weight is 300 g/mol. The van der Waals surface area contributed by atoms with E-state index < -0.39 is 11.9 Å². The van der Waals surface area contributed by atoms with E-state index in [1.54, 1.807) is 11.1 Å². The van der Waals surface area contributed by atoms with Crippen molar-refractivity contribution in [2.45, 2.75) is 12.8 Å². The summed E-state index contributed by atoms with van der Waals surface area (Å²) in [4.78, 5) is 25.1. The highest BCUT2D eigenvalue weighted by Crippen LogP contribution is 2.18. The minimum absolute atomic E-state index is 0.229. The highest BCUT2D eigenvalue weighted by atomic mass is 16.4. The molecule has 1 aliphatic heterocycles. The fourth-order valence-electron chi connectivity index (χ4n) is 2.59. The zero-order valence-electron chi connectivity index (χ0n) is 11.9. The molecule has 0 bridgehead atoms. The van der Waals surface area contributed by atoms with Gasteiger partial charge in [0, 0.05) is 13.1 Å². The van der Waals surface area contributed by atoms with Crippen molar-refractivity contribution < 1.29 is 14.7 Å². The molecule has 3 rings (SSSR count). The number of nitrogens with zero attached hydrogens (tertiary/aromatic N) is 4. The first kappa shape index (κ1) is 14.2. The summed E-state index contributed by atoms with van der Waals surface area (Å²) in [6.07, 6.45) is 2.87. The average Bonchev–Trinajstić information content (AvgIpc) is 3.05. The van der Waals surface area contributed by atoms with Crippen LogP contribution in [0.1, 0.15) is 23.3 Å². The van der Waals surface area contributed by atoms with Crippen molar-refractivity contribution in [2.24, 2.45) is 5.92 Å². The van der Waals surface area contributed by atoms with Gasteiger partial charge in [-0.15, -0.1) is 5.10 Å². The number of carboxylic acid groups (broad SMARTS) is 1. The lowest BCUT2D eigenvalue weighted by atomic mass is 9.98. The predicted molar refractivity (Wildman–Crippen MR) is 77.6 cm³/mol. The summed E-state index contributed by atoms with van der Waals surface area (Å²) in [7, 11) is 0. The van der Waals surface area contributed by atoms with Crippen molar-refractivity contribution in [3.8, 4) is 5.69 Å². The predicted octanol–water partition coefficient (Wildman–Crippen LogP) is 1.20. The molecule has 22 heavy (non-hydrogen) atoms. The van der Waals surface area contributed by atoms with E-state index in [4.69, 9.17) is 5.11 Å². The second-order valence-corrected chi connectivity index (χ2v) is 5.31. The summed E-state index contributed by atoms with van der Waals surface area (Å²) >= 11 is 0. The Morgan fingerprint density at radius 3 is 2.73 bits per heavy atom. The smallest absolute Gasteiger partial charge is 0.308 e. The van der Waals surface area contributed by atoms with Crippen LogP contribution < -0.4 is 0 Å². The van der Waals surface area contributed by atoms with Crippen LogP contribution in [0, 0.1) is 5.92 Å². The van der Waals surface area contributed by atoms with Crippen molar-refractivity contribution in [1.29, 1.82) is 0 Å². The maximum atomic E-state index is 12.4. The zero-order chi connectivity index (χ0) is 15.5. The molecule has 0 aliphatic carbocycles. The largest absolute Gasteiger partial charge is 0.481 e. The third-order valence-corrected chi connectivity index (χ3v) is 3.79. The fourth-order valence-corrected chi connectivity index (χ4v) is 2.59. The van der Waals surface area contributed by atoms with E-state index in [2.05, 4.69) is 10.3 Å². The molecule has 1 saturated heterocycles. The van der Waals surface area contributed by atoms with E-state index in [0.717, 1.165) is 5.69 Å². The van der Waals surface area contributed by atoms with Gasteiger partial charge in [-0.1, -0.05) is 23.4 Å². The Bertz CT molecular complexity index is 683. The molecule has 0 saturated carbocycles. The number of carboxylic acids is 1. The summed E-state index contributed by atoms with van der Waals surface area (Å²) in [6.45, 7) is 0.785. The van der Waals surface area contributed by atoms with E-state index in [-0.39, 0.29) is 18.1 Å². The van der Waals surface area contributed by atoms with Gasteiger partial charge in [0.05, 0.1) is 17.8 Å². The molecule has 0 radical (unpaired) electrons. The lowest BCUT2D eigenvalue weighted by Gasteiger charge is -2.29. The minimum Gasteiger partial charge on any atom is -0.481 e. The number of benzene rings is 1. The molecule has 1 atom stereocenters. The second-order valence-electron chi connectivity index (χ2n) is 5.31. The fraction of sp³-hybridized carbons (Fsp3) is 0.333. The summed E-state index contributed by atoms with van der Waals surface area (Å²) in [5.41, 5.74) is 1.05. The van der Waals surface area contributed by atoms with Crippen LogP contribution in [0.15, 0.2) is 36.5 Å². The molecule has 1 N–H and O–H groups in total. The molecule has 7 nitrogen and oxygen atoms in total. The summed E-state index contributed by atoms with van der Waals surface area (Å²) in [5.74, 6) is -1.62. The second kappa shape index (κ2) is 5.97. The molecule has 1 aromatic heterocycles. The van der Waals surface area contributed by atoms with Gasteiger partial charge in [0.25, 0.3) is 5.91 Å². The first-order valence-corrected chi connectivity index (χ1v) is 7.15. The number of rotatable bonds is 3. The van der Waals surface area contributed by atoms with Crippen LogP contribution in [0.3, 0.4) is 0 Å². The van der Waals surface area contributed by atoms with Gasteiger partial charge in [-0.25, -0.2) is 4.68 Å².